The van der Waals surface area contributed by atoms with Crippen molar-refractivity contribution < 1.29 is 37.4 Å². The highest BCUT2D eigenvalue weighted by Gasteiger charge is 2.35. The summed E-state index contributed by atoms with van der Waals surface area (Å²) in [6.07, 6.45) is 17.7. The molecule has 0 spiro atoms. The van der Waals surface area contributed by atoms with E-state index in [9.17, 15) is 13.9 Å². The Morgan fingerprint density at radius 3 is 1.39 bits per heavy atom. The second-order valence-electron chi connectivity index (χ2n) is 7.20. The van der Waals surface area contributed by atoms with Crippen molar-refractivity contribution in [1.82, 2.24) is 0 Å². The fourth-order valence-electron chi connectivity index (χ4n) is 2.97. The molecule has 10 heteroatoms. The lowest BCUT2D eigenvalue weighted by Crippen LogP contribution is -2.03. The van der Waals surface area contributed by atoms with Crippen LogP contribution in [0, 0.1) is 0 Å². The highest BCUT2D eigenvalue weighted by Crippen LogP contribution is 2.57. The number of hydrogen-bond donors (Lipinski definition) is 3. The van der Waals surface area contributed by atoms with E-state index in [1.165, 1.54) is 70.6 Å². The SMILES string of the molecule is CCCCCCCCCCCCCCCCCC(=O)OP(=O)(O)OP(=O)(O)O. The largest absolute Gasteiger partial charge is 0.538 e. The molecule has 8 nitrogen and oxygen atoms in total. The number of carbonyl (C=O) groups excluding carboxylic acids is 1. The first-order valence-corrected chi connectivity index (χ1v) is 13.5. The van der Waals surface area contributed by atoms with Crippen LogP contribution in [0.2, 0.25) is 0 Å². The first-order chi connectivity index (χ1) is 13.2. The van der Waals surface area contributed by atoms with E-state index in [2.05, 4.69) is 15.8 Å². The van der Waals surface area contributed by atoms with Gasteiger partial charge in [-0.05, 0) is 6.42 Å². The van der Waals surface area contributed by atoms with Crippen LogP contribution < -0.4 is 0 Å². The van der Waals surface area contributed by atoms with E-state index in [4.69, 9.17) is 14.7 Å². The van der Waals surface area contributed by atoms with Crippen molar-refractivity contribution in [2.75, 3.05) is 0 Å². The van der Waals surface area contributed by atoms with E-state index in [-0.39, 0.29) is 6.42 Å². The lowest BCUT2D eigenvalue weighted by atomic mass is 10.0. The second-order valence-corrected chi connectivity index (χ2v) is 9.96. The molecule has 168 valence electrons. The number of phosphoric ester groups is 1. The lowest BCUT2D eigenvalue weighted by molar-refractivity contribution is -0.135. The fraction of sp³-hybridized carbons (Fsp3) is 0.944. The molecule has 0 fully saturated rings. The minimum absolute atomic E-state index is 0.0900. The van der Waals surface area contributed by atoms with Gasteiger partial charge in [0.05, 0.1) is 0 Å². The quantitative estimate of drug-likeness (QED) is 0.163. The predicted molar refractivity (Wildman–Crippen MR) is 109 cm³/mol. The molecule has 0 aromatic rings. The van der Waals surface area contributed by atoms with Gasteiger partial charge in [-0.15, -0.1) is 0 Å². The third-order valence-corrected chi connectivity index (χ3v) is 6.52. The fourth-order valence-corrected chi connectivity index (χ4v) is 4.52. The van der Waals surface area contributed by atoms with Crippen molar-refractivity contribution in [2.45, 2.75) is 110 Å². The summed E-state index contributed by atoms with van der Waals surface area (Å²) in [5, 5.41) is 0. The molecule has 28 heavy (non-hydrogen) atoms. The Hall–Kier alpha value is -0.230. The van der Waals surface area contributed by atoms with Crippen LogP contribution in [0.3, 0.4) is 0 Å². The van der Waals surface area contributed by atoms with Crippen LogP contribution in [0.5, 0.6) is 0 Å². The average molecular weight is 444 g/mol. The van der Waals surface area contributed by atoms with Crippen molar-refractivity contribution in [2.24, 2.45) is 0 Å². The summed E-state index contributed by atoms with van der Waals surface area (Å²) >= 11 is 0. The Balaban J connectivity index is 3.42. The highest BCUT2D eigenvalue weighted by atomic mass is 31.3. The molecule has 0 aliphatic carbocycles. The molecule has 0 saturated carbocycles. The summed E-state index contributed by atoms with van der Waals surface area (Å²) in [5.41, 5.74) is 0. The van der Waals surface area contributed by atoms with Gasteiger partial charge in [-0.3, -0.25) is 9.69 Å². The summed E-state index contributed by atoms with van der Waals surface area (Å²) < 4.78 is 29.3. The molecule has 1 unspecified atom stereocenters. The minimum atomic E-state index is -5.20. The molecule has 0 aromatic carbocycles. The van der Waals surface area contributed by atoms with Gasteiger partial charge >= 0.3 is 21.6 Å². The van der Waals surface area contributed by atoms with Gasteiger partial charge < -0.3 is 14.3 Å². The summed E-state index contributed by atoms with van der Waals surface area (Å²) in [6.45, 7) is 2.23. The maximum Gasteiger partial charge on any atom is 0.538 e. The number of rotatable bonds is 19. The van der Waals surface area contributed by atoms with Gasteiger partial charge in [0.25, 0.3) is 0 Å². The van der Waals surface area contributed by atoms with E-state index < -0.39 is 21.6 Å². The van der Waals surface area contributed by atoms with Crippen molar-refractivity contribution in [3.05, 3.63) is 0 Å². The van der Waals surface area contributed by atoms with Crippen molar-refractivity contribution in [1.29, 1.82) is 0 Å². The monoisotopic (exact) mass is 444 g/mol. The number of unbranched alkanes of at least 4 members (excludes halogenated alkanes) is 14. The molecule has 3 N–H and O–H groups in total. The maximum atomic E-state index is 11.4. The van der Waals surface area contributed by atoms with Gasteiger partial charge in [-0.2, -0.15) is 4.31 Å². The molecule has 0 aromatic heterocycles. The van der Waals surface area contributed by atoms with E-state index in [1.54, 1.807) is 0 Å². The number of phosphoric acid groups is 2. The van der Waals surface area contributed by atoms with Crippen molar-refractivity contribution in [3.63, 3.8) is 0 Å². The van der Waals surface area contributed by atoms with Crippen LogP contribution in [0.1, 0.15) is 110 Å². The van der Waals surface area contributed by atoms with Crippen LogP contribution in [0.25, 0.3) is 0 Å². The second kappa shape index (κ2) is 16.6. The molecule has 0 rings (SSSR count). The Morgan fingerprint density at radius 1 is 0.679 bits per heavy atom. The van der Waals surface area contributed by atoms with Gasteiger partial charge in [0.1, 0.15) is 0 Å². The molecular weight excluding hydrogens is 406 g/mol. The first-order valence-electron chi connectivity index (χ1n) is 10.5. The predicted octanol–water partition coefficient (Wildman–Crippen LogP) is 6.00. The summed E-state index contributed by atoms with van der Waals surface area (Å²) in [5.74, 6) is -1.01. The normalized spacial score (nSPS) is 14.0. The highest BCUT2D eigenvalue weighted by molar-refractivity contribution is 7.61. The first kappa shape index (κ1) is 27.8. The molecule has 1 atom stereocenters. The average Bonchev–Trinajstić information content (AvgIpc) is 2.55. The zero-order valence-corrected chi connectivity index (χ0v) is 18.9. The molecule has 0 saturated heterocycles. The smallest absolute Gasteiger partial charge is 0.370 e. The Labute approximate surface area is 169 Å². The minimum Gasteiger partial charge on any atom is -0.370 e. The summed E-state index contributed by atoms with van der Waals surface area (Å²) in [7, 11) is -10.3. The standard InChI is InChI=1S/C18H38O8P2/c1-2-3-4-5-6-7-8-9-10-11-12-13-14-15-16-17-18(19)25-28(23,24)26-27(20,21)22/h2-17H2,1H3,(H,23,24)(H2,20,21,22). The van der Waals surface area contributed by atoms with Crippen LogP contribution in [-0.4, -0.2) is 20.6 Å². The number of hydrogen-bond acceptors (Lipinski definition) is 5. The third-order valence-electron chi connectivity index (χ3n) is 4.41. The third kappa shape index (κ3) is 20.5. The van der Waals surface area contributed by atoms with Gasteiger partial charge in [0.15, 0.2) is 0 Å². The molecule has 0 radical (unpaired) electrons. The maximum absolute atomic E-state index is 11.4. The van der Waals surface area contributed by atoms with Gasteiger partial charge in [0, 0.05) is 6.42 Å². The van der Waals surface area contributed by atoms with Gasteiger partial charge in [-0.25, -0.2) is 9.13 Å². The molecule has 0 aliphatic rings. The van der Waals surface area contributed by atoms with E-state index in [1.807, 2.05) is 0 Å². The summed E-state index contributed by atoms with van der Waals surface area (Å²) in [6, 6.07) is 0. The summed E-state index contributed by atoms with van der Waals surface area (Å²) in [4.78, 5) is 37.3. The van der Waals surface area contributed by atoms with Gasteiger partial charge in [-0.1, -0.05) is 96.8 Å². The molecular formula is C18H38O8P2. The van der Waals surface area contributed by atoms with Gasteiger partial charge in [0.2, 0.25) is 0 Å². The number of carbonyl (C=O) groups is 1. The Kier molecular flexibility index (Phi) is 16.4. The molecule has 0 bridgehead atoms. The zero-order chi connectivity index (χ0) is 21.3. The topological polar surface area (TPSA) is 130 Å². The Bertz CT molecular complexity index is 492. The van der Waals surface area contributed by atoms with E-state index in [0.717, 1.165) is 19.3 Å². The molecule has 0 heterocycles. The van der Waals surface area contributed by atoms with Crippen LogP contribution in [0.4, 0.5) is 0 Å². The van der Waals surface area contributed by atoms with E-state index >= 15 is 0 Å². The lowest BCUT2D eigenvalue weighted by Gasteiger charge is -2.11. The van der Waals surface area contributed by atoms with Crippen molar-refractivity contribution >= 4 is 21.6 Å². The molecule has 0 aliphatic heterocycles. The zero-order valence-electron chi connectivity index (χ0n) is 17.1. The van der Waals surface area contributed by atoms with Crippen LogP contribution in [-0.2, 0) is 22.8 Å². The van der Waals surface area contributed by atoms with Crippen molar-refractivity contribution in [3.8, 4) is 0 Å². The van der Waals surface area contributed by atoms with E-state index in [0.29, 0.717) is 6.42 Å². The Morgan fingerprint density at radius 2 is 1.04 bits per heavy atom. The van der Waals surface area contributed by atoms with Crippen LogP contribution >= 0.6 is 15.6 Å². The van der Waals surface area contributed by atoms with Crippen LogP contribution in [0.15, 0.2) is 0 Å². The molecule has 0 amide bonds.